The van der Waals surface area contributed by atoms with Crippen LogP contribution in [0.2, 0.25) is 0 Å². The van der Waals surface area contributed by atoms with Crippen molar-refractivity contribution in [2.75, 3.05) is 31.6 Å². The largest absolute Gasteiger partial charge is 0.384 e. The van der Waals surface area contributed by atoms with Gasteiger partial charge in [0.2, 0.25) is 0 Å². The van der Waals surface area contributed by atoms with E-state index in [1.54, 1.807) is 0 Å². The van der Waals surface area contributed by atoms with E-state index in [0.717, 1.165) is 56.8 Å². The van der Waals surface area contributed by atoms with Gasteiger partial charge in [0.05, 0.1) is 6.10 Å². The van der Waals surface area contributed by atoms with Crippen molar-refractivity contribution in [3.8, 4) is 0 Å². The minimum absolute atomic E-state index is 0.149. The second-order valence-corrected chi connectivity index (χ2v) is 5.50. The zero-order valence-electron chi connectivity index (χ0n) is 12.0. The molecule has 2 aliphatic heterocycles. The number of ether oxygens (including phenoxy) is 1. The molecule has 0 saturated carbocycles. The Kier molecular flexibility index (Phi) is 3.92. The van der Waals surface area contributed by atoms with E-state index in [4.69, 9.17) is 4.74 Å². The third-order valence-electron chi connectivity index (χ3n) is 4.20. The number of fused-ring (bicyclic) bond motifs is 1. The van der Waals surface area contributed by atoms with Crippen LogP contribution in [0, 0.1) is 0 Å². The quantitative estimate of drug-likeness (QED) is 0.919. The molecule has 4 heteroatoms. The van der Waals surface area contributed by atoms with E-state index in [1.165, 1.54) is 5.56 Å². The van der Waals surface area contributed by atoms with Gasteiger partial charge in [-0.3, -0.25) is 4.79 Å². The number of rotatable bonds is 3. The van der Waals surface area contributed by atoms with Crippen molar-refractivity contribution in [3.05, 3.63) is 29.3 Å². The van der Waals surface area contributed by atoms with Gasteiger partial charge < -0.3 is 15.0 Å². The number of amides is 1. The van der Waals surface area contributed by atoms with Crippen LogP contribution in [0.5, 0.6) is 0 Å². The first kappa shape index (κ1) is 13.4. The van der Waals surface area contributed by atoms with Gasteiger partial charge in [0, 0.05) is 37.5 Å². The fraction of sp³-hybridized carbons (Fsp3) is 0.562. The SMILES string of the molecule is CCOC1CCN(C(=O)c2ccc3c(c2)NCC3)CC1. The molecule has 1 aromatic carbocycles. The van der Waals surface area contributed by atoms with Crippen molar-refractivity contribution in [1.29, 1.82) is 0 Å². The predicted molar refractivity (Wildman–Crippen MR) is 79.2 cm³/mol. The molecule has 0 unspecified atom stereocenters. The van der Waals surface area contributed by atoms with Gasteiger partial charge in [-0.15, -0.1) is 0 Å². The first-order valence-electron chi connectivity index (χ1n) is 7.55. The molecule has 20 heavy (non-hydrogen) atoms. The van der Waals surface area contributed by atoms with Crippen LogP contribution in [0.15, 0.2) is 18.2 Å². The highest BCUT2D eigenvalue weighted by molar-refractivity contribution is 5.95. The van der Waals surface area contributed by atoms with Crippen LogP contribution in [0.25, 0.3) is 0 Å². The lowest BCUT2D eigenvalue weighted by atomic mass is 10.0. The molecular weight excluding hydrogens is 252 g/mol. The normalized spacial score (nSPS) is 18.8. The molecule has 108 valence electrons. The molecule has 0 atom stereocenters. The summed E-state index contributed by atoms with van der Waals surface area (Å²) < 4.78 is 5.63. The van der Waals surface area contributed by atoms with Crippen molar-refractivity contribution in [1.82, 2.24) is 4.90 Å². The van der Waals surface area contributed by atoms with E-state index in [-0.39, 0.29) is 5.91 Å². The summed E-state index contributed by atoms with van der Waals surface area (Å²) in [5.74, 6) is 0.149. The van der Waals surface area contributed by atoms with Crippen LogP contribution in [0.4, 0.5) is 5.69 Å². The van der Waals surface area contributed by atoms with E-state index in [2.05, 4.69) is 11.4 Å². The van der Waals surface area contributed by atoms with Crippen LogP contribution >= 0.6 is 0 Å². The maximum atomic E-state index is 12.5. The number of hydrogen-bond donors (Lipinski definition) is 1. The summed E-state index contributed by atoms with van der Waals surface area (Å²) in [4.78, 5) is 14.5. The fourth-order valence-electron chi connectivity index (χ4n) is 3.07. The highest BCUT2D eigenvalue weighted by atomic mass is 16.5. The van der Waals surface area contributed by atoms with Crippen LogP contribution in [0.3, 0.4) is 0 Å². The smallest absolute Gasteiger partial charge is 0.253 e. The standard InChI is InChI=1S/C16H22N2O2/c1-2-20-14-6-9-18(10-7-14)16(19)13-4-3-12-5-8-17-15(12)11-13/h3-4,11,14,17H,2,5-10H2,1H3. The molecule has 1 fully saturated rings. The van der Waals surface area contributed by atoms with Gasteiger partial charge in [-0.1, -0.05) is 6.07 Å². The molecule has 0 bridgehead atoms. The molecule has 0 radical (unpaired) electrons. The lowest BCUT2D eigenvalue weighted by molar-refractivity contribution is 0.0146. The van der Waals surface area contributed by atoms with E-state index < -0.39 is 0 Å². The number of piperidine rings is 1. The van der Waals surface area contributed by atoms with Crippen molar-refractivity contribution < 1.29 is 9.53 Å². The zero-order chi connectivity index (χ0) is 13.9. The first-order chi connectivity index (χ1) is 9.78. The summed E-state index contributed by atoms with van der Waals surface area (Å²) >= 11 is 0. The van der Waals surface area contributed by atoms with Crippen molar-refractivity contribution in [2.24, 2.45) is 0 Å². The van der Waals surface area contributed by atoms with E-state index in [9.17, 15) is 4.79 Å². The lowest BCUT2D eigenvalue weighted by Crippen LogP contribution is -2.40. The topological polar surface area (TPSA) is 41.6 Å². The Morgan fingerprint density at radius 3 is 2.95 bits per heavy atom. The Hall–Kier alpha value is -1.55. The Morgan fingerprint density at radius 2 is 2.20 bits per heavy atom. The molecule has 3 rings (SSSR count). The lowest BCUT2D eigenvalue weighted by Gasteiger charge is -2.31. The van der Waals surface area contributed by atoms with Gasteiger partial charge in [0.25, 0.3) is 5.91 Å². The second kappa shape index (κ2) is 5.83. The third-order valence-corrected chi connectivity index (χ3v) is 4.20. The Labute approximate surface area is 120 Å². The predicted octanol–water partition coefficient (Wildman–Crippen LogP) is 2.30. The van der Waals surface area contributed by atoms with Crippen molar-refractivity contribution in [2.45, 2.75) is 32.3 Å². The van der Waals surface area contributed by atoms with Gasteiger partial charge in [-0.2, -0.15) is 0 Å². The number of likely N-dealkylation sites (tertiary alicyclic amines) is 1. The molecule has 1 aromatic rings. The molecule has 0 spiro atoms. The third kappa shape index (κ3) is 2.66. The number of benzene rings is 1. The second-order valence-electron chi connectivity index (χ2n) is 5.50. The van der Waals surface area contributed by atoms with Crippen LogP contribution in [-0.2, 0) is 11.2 Å². The van der Waals surface area contributed by atoms with Gasteiger partial charge in [-0.05, 0) is 43.9 Å². The minimum Gasteiger partial charge on any atom is -0.384 e. The first-order valence-corrected chi connectivity index (χ1v) is 7.55. The zero-order valence-corrected chi connectivity index (χ0v) is 12.0. The number of carbonyl (C=O) groups is 1. The number of nitrogens with one attached hydrogen (secondary N) is 1. The van der Waals surface area contributed by atoms with Gasteiger partial charge in [0.15, 0.2) is 0 Å². The molecule has 0 aliphatic carbocycles. The molecule has 1 amide bonds. The average Bonchev–Trinajstić information content (AvgIpc) is 2.95. The highest BCUT2D eigenvalue weighted by Crippen LogP contribution is 2.24. The molecule has 2 aliphatic rings. The molecule has 2 heterocycles. The number of hydrogen-bond acceptors (Lipinski definition) is 3. The van der Waals surface area contributed by atoms with Gasteiger partial charge in [0.1, 0.15) is 0 Å². The van der Waals surface area contributed by atoms with Gasteiger partial charge in [-0.25, -0.2) is 0 Å². The van der Waals surface area contributed by atoms with Crippen LogP contribution in [0.1, 0.15) is 35.7 Å². The molecule has 4 nitrogen and oxygen atoms in total. The Bertz CT molecular complexity index is 493. The highest BCUT2D eigenvalue weighted by Gasteiger charge is 2.24. The van der Waals surface area contributed by atoms with E-state index in [1.807, 2.05) is 24.0 Å². The number of anilines is 1. The fourth-order valence-corrected chi connectivity index (χ4v) is 3.07. The maximum Gasteiger partial charge on any atom is 0.253 e. The summed E-state index contributed by atoms with van der Waals surface area (Å²) in [6.07, 6.45) is 3.28. The van der Waals surface area contributed by atoms with E-state index in [0.29, 0.717) is 6.10 Å². The molecular formula is C16H22N2O2. The van der Waals surface area contributed by atoms with E-state index >= 15 is 0 Å². The minimum atomic E-state index is 0.149. The summed E-state index contributed by atoms with van der Waals surface area (Å²) in [7, 11) is 0. The summed E-state index contributed by atoms with van der Waals surface area (Å²) in [6.45, 7) is 5.36. The van der Waals surface area contributed by atoms with Gasteiger partial charge >= 0.3 is 0 Å². The monoisotopic (exact) mass is 274 g/mol. The number of carbonyl (C=O) groups excluding carboxylic acids is 1. The van der Waals surface area contributed by atoms with Crippen molar-refractivity contribution in [3.63, 3.8) is 0 Å². The Balaban J connectivity index is 1.65. The van der Waals surface area contributed by atoms with Crippen LogP contribution < -0.4 is 5.32 Å². The maximum absolute atomic E-state index is 12.5. The Morgan fingerprint density at radius 1 is 1.40 bits per heavy atom. The number of nitrogens with zero attached hydrogens (tertiary/aromatic N) is 1. The summed E-state index contributed by atoms with van der Waals surface area (Å²) in [6, 6.07) is 6.04. The summed E-state index contributed by atoms with van der Waals surface area (Å²) in [5.41, 5.74) is 3.24. The average molecular weight is 274 g/mol. The molecule has 0 aromatic heterocycles. The molecule has 1 N–H and O–H groups in total. The summed E-state index contributed by atoms with van der Waals surface area (Å²) in [5, 5.41) is 3.33. The molecule has 1 saturated heterocycles. The van der Waals surface area contributed by atoms with Crippen LogP contribution in [-0.4, -0.2) is 43.2 Å². The van der Waals surface area contributed by atoms with Crippen molar-refractivity contribution >= 4 is 11.6 Å².